The van der Waals surface area contributed by atoms with Gasteiger partial charge in [0.25, 0.3) is 5.56 Å². The Labute approximate surface area is 159 Å². The van der Waals surface area contributed by atoms with Gasteiger partial charge in [0, 0.05) is 24.7 Å². The van der Waals surface area contributed by atoms with Gasteiger partial charge in [0.2, 0.25) is 5.91 Å². The number of benzene rings is 2. The van der Waals surface area contributed by atoms with Gasteiger partial charge in [-0.3, -0.25) is 9.59 Å². The van der Waals surface area contributed by atoms with Crippen molar-refractivity contribution in [3.05, 3.63) is 88.2 Å². The fraction of sp³-hybridized carbons (Fsp3) is 0.190. The monoisotopic (exact) mass is 381 g/mol. The summed E-state index contributed by atoms with van der Waals surface area (Å²) in [5.74, 6) is -0.991. The second-order valence-electron chi connectivity index (χ2n) is 6.73. The third-order valence-electron chi connectivity index (χ3n) is 4.81. The molecule has 2 aromatic carbocycles. The van der Waals surface area contributed by atoms with Crippen molar-refractivity contribution >= 4 is 5.91 Å². The maximum Gasteiger partial charge on any atom is 0.267 e. The summed E-state index contributed by atoms with van der Waals surface area (Å²) in [5.41, 5.74) is 1.11. The van der Waals surface area contributed by atoms with Crippen LogP contribution in [0.3, 0.4) is 0 Å². The Hall–Kier alpha value is -3.35. The highest BCUT2D eigenvalue weighted by Crippen LogP contribution is 2.22. The summed E-state index contributed by atoms with van der Waals surface area (Å²) in [7, 11) is 0. The van der Waals surface area contributed by atoms with Crippen LogP contribution < -0.4 is 5.56 Å². The van der Waals surface area contributed by atoms with E-state index in [1.165, 1.54) is 28.9 Å². The number of hydrogen-bond donors (Lipinski definition) is 0. The van der Waals surface area contributed by atoms with Gasteiger partial charge in [0.05, 0.1) is 18.2 Å². The lowest BCUT2D eigenvalue weighted by atomic mass is 10.1. The van der Waals surface area contributed by atoms with Crippen LogP contribution in [0.25, 0.3) is 11.3 Å². The van der Waals surface area contributed by atoms with Crippen molar-refractivity contribution in [1.82, 2.24) is 14.7 Å². The van der Waals surface area contributed by atoms with Crippen molar-refractivity contribution in [1.29, 1.82) is 0 Å². The van der Waals surface area contributed by atoms with E-state index in [2.05, 4.69) is 5.10 Å². The van der Waals surface area contributed by atoms with E-state index in [1.807, 2.05) is 0 Å². The Morgan fingerprint density at radius 3 is 2.57 bits per heavy atom. The van der Waals surface area contributed by atoms with Crippen molar-refractivity contribution in [2.45, 2.75) is 12.5 Å². The van der Waals surface area contributed by atoms with Crippen LogP contribution in [0.5, 0.6) is 0 Å². The summed E-state index contributed by atoms with van der Waals surface area (Å²) in [6, 6.07) is 14.8. The first-order valence-corrected chi connectivity index (χ1v) is 8.88. The number of aromatic nitrogens is 2. The second kappa shape index (κ2) is 7.34. The lowest BCUT2D eigenvalue weighted by Crippen LogP contribution is -2.53. The topological polar surface area (TPSA) is 55.2 Å². The van der Waals surface area contributed by atoms with Gasteiger partial charge in [0.15, 0.2) is 0 Å². The standard InChI is InChI=1S/C21H17F2N3O2/c22-16-6-3-5-15(10-16)19-8-9-20(27)26(24-19)17-12-25(13-17)21(28)11-14-4-1-2-7-18(14)23/h1-10,17H,11-13H2. The molecule has 1 saturated heterocycles. The molecule has 0 spiro atoms. The molecule has 1 fully saturated rings. The van der Waals surface area contributed by atoms with Gasteiger partial charge in [-0.05, 0) is 29.8 Å². The zero-order valence-corrected chi connectivity index (χ0v) is 14.9. The number of likely N-dealkylation sites (tertiary alicyclic amines) is 1. The molecule has 1 aromatic heterocycles. The highest BCUT2D eigenvalue weighted by Gasteiger charge is 2.33. The van der Waals surface area contributed by atoms with Gasteiger partial charge in [-0.2, -0.15) is 5.10 Å². The Balaban J connectivity index is 1.47. The van der Waals surface area contributed by atoms with E-state index in [9.17, 15) is 18.4 Å². The number of carbonyl (C=O) groups excluding carboxylic acids is 1. The first-order valence-electron chi connectivity index (χ1n) is 8.88. The molecule has 0 unspecified atom stereocenters. The second-order valence-corrected chi connectivity index (χ2v) is 6.73. The molecule has 0 radical (unpaired) electrons. The SMILES string of the molecule is O=C(Cc1ccccc1F)N1CC(n2nc(-c3cccc(F)c3)ccc2=O)C1. The van der Waals surface area contributed by atoms with Gasteiger partial charge < -0.3 is 4.90 Å². The van der Waals surface area contributed by atoms with Crippen molar-refractivity contribution in [2.75, 3.05) is 13.1 Å². The van der Waals surface area contributed by atoms with Crippen LogP contribution in [0, 0.1) is 11.6 Å². The van der Waals surface area contributed by atoms with Gasteiger partial charge in [-0.15, -0.1) is 0 Å². The number of rotatable bonds is 4. The molecule has 0 bridgehead atoms. The normalized spacial score (nSPS) is 14.0. The molecule has 4 rings (SSSR count). The molecular weight excluding hydrogens is 364 g/mol. The van der Waals surface area contributed by atoms with E-state index in [4.69, 9.17) is 0 Å². The predicted molar refractivity (Wildman–Crippen MR) is 99.6 cm³/mol. The molecule has 0 saturated carbocycles. The minimum atomic E-state index is -0.409. The maximum absolute atomic E-state index is 13.7. The molecule has 1 aliphatic rings. The lowest BCUT2D eigenvalue weighted by molar-refractivity contribution is -0.136. The summed E-state index contributed by atoms with van der Waals surface area (Å²) in [5, 5.41) is 4.34. The first-order chi connectivity index (χ1) is 13.5. The average Bonchev–Trinajstić information content (AvgIpc) is 2.64. The summed E-state index contributed by atoms with van der Waals surface area (Å²) in [6.07, 6.45) is -0.0228. The maximum atomic E-state index is 13.7. The Morgan fingerprint density at radius 2 is 1.82 bits per heavy atom. The van der Waals surface area contributed by atoms with Crippen LogP contribution in [0.1, 0.15) is 11.6 Å². The summed E-state index contributed by atoms with van der Waals surface area (Å²) in [4.78, 5) is 26.1. The van der Waals surface area contributed by atoms with E-state index in [0.29, 0.717) is 29.9 Å². The van der Waals surface area contributed by atoms with Crippen LogP contribution in [0.15, 0.2) is 65.5 Å². The van der Waals surface area contributed by atoms with Gasteiger partial charge in [-0.25, -0.2) is 13.5 Å². The molecule has 2 heterocycles. The third-order valence-corrected chi connectivity index (χ3v) is 4.81. The van der Waals surface area contributed by atoms with Crippen LogP contribution in [-0.4, -0.2) is 33.7 Å². The molecule has 3 aromatic rings. The molecule has 0 atom stereocenters. The third kappa shape index (κ3) is 3.55. The molecule has 5 nitrogen and oxygen atoms in total. The van der Waals surface area contributed by atoms with E-state index < -0.39 is 5.82 Å². The number of amides is 1. The average molecular weight is 381 g/mol. The van der Waals surface area contributed by atoms with Crippen LogP contribution in [0.4, 0.5) is 8.78 Å². The van der Waals surface area contributed by atoms with Crippen LogP contribution in [0.2, 0.25) is 0 Å². The zero-order valence-electron chi connectivity index (χ0n) is 14.9. The smallest absolute Gasteiger partial charge is 0.267 e. The number of carbonyl (C=O) groups is 1. The van der Waals surface area contributed by atoms with Crippen molar-refractivity contribution in [2.24, 2.45) is 0 Å². The number of halogens is 2. The highest BCUT2D eigenvalue weighted by atomic mass is 19.1. The molecule has 0 aliphatic carbocycles. The fourth-order valence-corrected chi connectivity index (χ4v) is 3.22. The van der Waals surface area contributed by atoms with Crippen LogP contribution in [-0.2, 0) is 11.2 Å². The molecule has 142 valence electrons. The van der Waals surface area contributed by atoms with Crippen LogP contribution >= 0.6 is 0 Å². The first kappa shape index (κ1) is 18.0. The number of nitrogens with zero attached hydrogens (tertiary/aromatic N) is 3. The molecule has 28 heavy (non-hydrogen) atoms. The molecule has 1 aliphatic heterocycles. The number of hydrogen-bond acceptors (Lipinski definition) is 3. The molecule has 0 N–H and O–H groups in total. The fourth-order valence-electron chi connectivity index (χ4n) is 3.22. The Bertz CT molecular complexity index is 1090. The van der Waals surface area contributed by atoms with E-state index in [-0.39, 0.29) is 29.7 Å². The lowest BCUT2D eigenvalue weighted by Gasteiger charge is -2.39. The Morgan fingerprint density at radius 1 is 1.04 bits per heavy atom. The van der Waals surface area contributed by atoms with Gasteiger partial charge in [-0.1, -0.05) is 30.3 Å². The minimum Gasteiger partial charge on any atom is -0.338 e. The minimum absolute atomic E-state index is 0.0228. The summed E-state index contributed by atoms with van der Waals surface area (Å²) in [6.45, 7) is 0.652. The predicted octanol–water partition coefficient (Wildman–Crippen LogP) is 2.81. The van der Waals surface area contributed by atoms with E-state index >= 15 is 0 Å². The largest absolute Gasteiger partial charge is 0.338 e. The van der Waals surface area contributed by atoms with Gasteiger partial charge >= 0.3 is 0 Å². The molecule has 1 amide bonds. The zero-order chi connectivity index (χ0) is 19.7. The van der Waals surface area contributed by atoms with E-state index in [0.717, 1.165) is 0 Å². The van der Waals surface area contributed by atoms with Crippen molar-refractivity contribution in [3.8, 4) is 11.3 Å². The quantitative estimate of drug-likeness (QED) is 0.698. The molecule has 7 heteroatoms. The Kier molecular flexibility index (Phi) is 4.73. The van der Waals surface area contributed by atoms with Crippen molar-refractivity contribution < 1.29 is 13.6 Å². The van der Waals surface area contributed by atoms with E-state index in [1.54, 1.807) is 41.3 Å². The highest BCUT2D eigenvalue weighted by molar-refractivity contribution is 5.79. The molecular formula is C21H17F2N3O2. The van der Waals surface area contributed by atoms with Gasteiger partial charge in [0.1, 0.15) is 11.6 Å². The summed E-state index contributed by atoms with van der Waals surface area (Å²) < 4.78 is 28.5. The summed E-state index contributed by atoms with van der Waals surface area (Å²) >= 11 is 0. The van der Waals surface area contributed by atoms with Crippen molar-refractivity contribution in [3.63, 3.8) is 0 Å².